The van der Waals surface area contributed by atoms with Gasteiger partial charge < -0.3 is 9.47 Å². The van der Waals surface area contributed by atoms with Crippen molar-refractivity contribution in [3.8, 4) is 22.1 Å². The number of ether oxygens (including phenoxy) is 2. The Bertz CT molecular complexity index is 880. The summed E-state index contributed by atoms with van der Waals surface area (Å²) in [5.41, 5.74) is 3.11. The van der Waals surface area contributed by atoms with E-state index in [0.717, 1.165) is 53.0 Å². The number of halogens is 1. The van der Waals surface area contributed by atoms with Gasteiger partial charge in [0.2, 0.25) is 0 Å². The Kier molecular flexibility index (Phi) is 6.42. The molecule has 0 saturated carbocycles. The molecule has 0 bridgehead atoms. The maximum Gasteiger partial charge on any atom is 0.161 e. The van der Waals surface area contributed by atoms with Crippen molar-refractivity contribution in [2.45, 2.75) is 20.0 Å². The molecule has 0 aliphatic rings. The average Bonchev–Trinajstić information content (AvgIpc) is 3.16. The van der Waals surface area contributed by atoms with Crippen LogP contribution in [0.4, 0.5) is 4.39 Å². The van der Waals surface area contributed by atoms with E-state index in [4.69, 9.17) is 14.5 Å². The lowest BCUT2D eigenvalue weighted by molar-refractivity contribution is 0.268. The fraction of sp³-hybridized carbons (Fsp3) is 0.286. The van der Waals surface area contributed by atoms with E-state index in [1.54, 1.807) is 37.7 Å². The Morgan fingerprint density at radius 2 is 1.74 bits per heavy atom. The summed E-state index contributed by atoms with van der Waals surface area (Å²) >= 11 is 1.58. The molecule has 0 N–H and O–H groups in total. The predicted octanol–water partition coefficient (Wildman–Crippen LogP) is 4.99. The van der Waals surface area contributed by atoms with Gasteiger partial charge in [-0.3, -0.25) is 4.90 Å². The molecule has 0 saturated heterocycles. The van der Waals surface area contributed by atoms with Crippen LogP contribution in [-0.4, -0.2) is 30.6 Å². The number of rotatable bonds is 8. The average molecular weight is 386 g/mol. The first-order valence-electron chi connectivity index (χ1n) is 8.76. The molecule has 142 valence electrons. The van der Waals surface area contributed by atoms with Gasteiger partial charge in [-0.25, -0.2) is 9.37 Å². The van der Waals surface area contributed by atoms with Crippen LogP contribution < -0.4 is 9.47 Å². The normalized spacial score (nSPS) is 11.0. The van der Waals surface area contributed by atoms with Gasteiger partial charge in [-0.2, -0.15) is 0 Å². The Labute approximate surface area is 163 Å². The summed E-state index contributed by atoms with van der Waals surface area (Å²) in [6.07, 6.45) is 0. The van der Waals surface area contributed by atoms with Crippen LogP contribution in [0.15, 0.2) is 47.8 Å². The first kappa shape index (κ1) is 19.3. The number of nitrogens with zero attached hydrogens (tertiary/aromatic N) is 2. The van der Waals surface area contributed by atoms with Crippen molar-refractivity contribution in [1.29, 1.82) is 0 Å². The van der Waals surface area contributed by atoms with Crippen molar-refractivity contribution in [2.24, 2.45) is 0 Å². The van der Waals surface area contributed by atoms with Crippen LogP contribution in [0.5, 0.6) is 11.5 Å². The van der Waals surface area contributed by atoms with E-state index in [9.17, 15) is 4.39 Å². The Balaban J connectivity index is 1.69. The van der Waals surface area contributed by atoms with Crippen molar-refractivity contribution in [3.05, 3.63) is 64.9 Å². The molecule has 0 aliphatic heterocycles. The van der Waals surface area contributed by atoms with Crippen LogP contribution in [0.25, 0.3) is 10.6 Å². The highest BCUT2D eigenvalue weighted by Crippen LogP contribution is 2.29. The molecular weight excluding hydrogens is 363 g/mol. The zero-order valence-electron chi connectivity index (χ0n) is 15.7. The quantitative estimate of drug-likeness (QED) is 0.546. The summed E-state index contributed by atoms with van der Waals surface area (Å²) in [5, 5.41) is 2.97. The SMILES string of the molecule is CCN(Cc1ccc(OC)c(OC)c1)Cc1csc(-c2ccc(F)cc2)n1. The Hall–Kier alpha value is -2.44. The van der Waals surface area contributed by atoms with Gasteiger partial charge in [-0.05, 0) is 48.5 Å². The molecule has 0 atom stereocenters. The van der Waals surface area contributed by atoms with Crippen molar-refractivity contribution >= 4 is 11.3 Å². The molecule has 0 fully saturated rings. The molecule has 1 aromatic heterocycles. The summed E-state index contributed by atoms with van der Waals surface area (Å²) in [7, 11) is 3.28. The molecule has 0 spiro atoms. The molecule has 3 aromatic rings. The van der Waals surface area contributed by atoms with Gasteiger partial charge in [0.15, 0.2) is 11.5 Å². The van der Waals surface area contributed by atoms with E-state index in [-0.39, 0.29) is 5.82 Å². The molecule has 0 radical (unpaired) electrons. The molecule has 0 amide bonds. The fourth-order valence-corrected chi connectivity index (χ4v) is 3.67. The third-order valence-corrected chi connectivity index (χ3v) is 5.27. The zero-order chi connectivity index (χ0) is 19.2. The van der Waals surface area contributed by atoms with Crippen LogP contribution in [0.1, 0.15) is 18.2 Å². The van der Waals surface area contributed by atoms with Gasteiger partial charge in [0.25, 0.3) is 0 Å². The minimum absolute atomic E-state index is 0.234. The van der Waals surface area contributed by atoms with Gasteiger partial charge >= 0.3 is 0 Å². The van der Waals surface area contributed by atoms with Crippen LogP contribution in [0.2, 0.25) is 0 Å². The van der Waals surface area contributed by atoms with Crippen LogP contribution in [-0.2, 0) is 13.1 Å². The third-order valence-electron chi connectivity index (χ3n) is 4.33. The number of hydrogen-bond donors (Lipinski definition) is 0. The second-order valence-corrected chi connectivity index (χ2v) is 7.00. The van der Waals surface area contributed by atoms with E-state index < -0.39 is 0 Å². The first-order valence-corrected chi connectivity index (χ1v) is 9.64. The monoisotopic (exact) mass is 386 g/mol. The summed E-state index contributed by atoms with van der Waals surface area (Å²) < 4.78 is 23.8. The Morgan fingerprint density at radius 1 is 1.00 bits per heavy atom. The lowest BCUT2D eigenvalue weighted by Gasteiger charge is -2.20. The van der Waals surface area contributed by atoms with E-state index >= 15 is 0 Å². The van der Waals surface area contributed by atoms with Gasteiger partial charge in [-0.1, -0.05) is 13.0 Å². The second kappa shape index (κ2) is 8.97. The van der Waals surface area contributed by atoms with E-state index in [2.05, 4.69) is 23.3 Å². The van der Waals surface area contributed by atoms with Gasteiger partial charge in [-0.15, -0.1) is 11.3 Å². The van der Waals surface area contributed by atoms with Crippen molar-refractivity contribution in [3.63, 3.8) is 0 Å². The molecule has 3 rings (SSSR count). The lowest BCUT2D eigenvalue weighted by Crippen LogP contribution is -2.22. The fourth-order valence-electron chi connectivity index (χ4n) is 2.85. The van der Waals surface area contributed by atoms with Crippen LogP contribution >= 0.6 is 11.3 Å². The van der Waals surface area contributed by atoms with Crippen LogP contribution in [0.3, 0.4) is 0 Å². The highest BCUT2D eigenvalue weighted by atomic mass is 32.1. The maximum absolute atomic E-state index is 13.1. The molecule has 1 heterocycles. The van der Waals surface area contributed by atoms with E-state index in [1.807, 2.05) is 12.1 Å². The molecular formula is C21H23FN2O2S. The number of thiazole rings is 1. The Morgan fingerprint density at radius 3 is 2.41 bits per heavy atom. The van der Waals surface area contributed by atoms with Crippen LogP contribution in [0, 0.1) is 5.82 Å². The first-order chi connectivity index (χ1) is 13.1. The smallest absolute Gasteiger partial charge is 0.161 e. The van der Waals surface area contributed by atoms with E-state index in [0.29, 0.717) is 0 Å². The highest BCUT2D eigenvalue weighted by molar-refractivity contribution is 7.13. The lowest BCUT2D eigenvalue weighted by atomic mass is 10.2. The molecule has 0 aliphatic carbocycles. The second-order valence-electron chi connectivity index (χ2n) is 6.14. The number of methoxy groups -OCH3 is 2. The number of aromatic nitrogens is 1. The number of hydrogen-bond acceptors (Lipinski definition) is 5. The molecule has 2 aromatic carbocycles. The summed E-state index contributed by atoms with van der Waals surface area (Å²) in [6, 6.07) is 12.4. The number of benzene rings is 2. The standard InChI is InChI=1S/C21H23FN2O2S/c1-4-24(12-15-5-10-19(25-2)20(11-15)26-3)13-18-14-27-21(23-18)16-6-8-17(22)9-7-16/h5-11,14H,4,12-13H2,1-3H3. The minimum atomic E-state index is -0.234. The van der Waals surface area contributed by atoms with E-state index in [1.165, 1.54) is 12.1 Å². The molecule has 4 nitrogen and oxygen atoms in total. The summed E-state index contributed by atoms with van der Waals surface area (Å²) in [6.45, 7) is 4.58. The summed E-state index contributed by atoms with van der Waals surface area (Å²) in [4.78, 5) is 7.02. The highest BCUT2D eigenvalue weighted by Gasteiger charge is 2.11. The maximum atomic E-state index is 13.1. The topological polar surface area (TPSA) is 34.6 Å². The largest absolute Gasteiger partial charge is 0.493 e. The minimum Gasteiger partial charge on any atom is -0.493 e. The van der Waals surface area contributed by atoms with Crippen molar-refractivity contribution in [1.82, 2.24) is 9.88 Å². The summed E-state index contributed by atoms with van der Waals surface area (Å²) in [5.74, 6) is 1.23. The molecule has 27 heavy (non-hydrogen) atoms. The molecule has 6 heteroatoms. The van der Waals surface area contributed by atoms with Crippen molar-refractivity contribution < 1.29 is 13.9 Å². The van der Waals surface area contributed by atoms with Gasteiger partial charge in [0, 0.05) is 24.0 Å². The predicted molar refractivity (Wildman–Crippen MR) is 107 cm³/mol. The van der Waals surface area contributed by atoms with Gasteiger partial charge in [0.1, 0.15) is 10.8 Å². The molecule has 0 unspecified atom stereocenters. The zero-order valence-corrected chi connectivity index (χ0v) is 16.6. The van der Waals surface area contributed by atoms with Crippen molar-refractivity contribution in [2.75, 3.05) is 20.8 Å². The third kappa shape index (κ3) is 4.84. The van der Waals surface area contributed by atoms with Gasteiger partial charge in [0.05, 0.1) is 19.9 Å².